The number of H-pyrrole nitrogens is 1. The molecule has 0 saturated heterocycles. The normalized spacial score (nSPS) is 10.8. The van der Waals surface area contributed by atoms with Crippen molar-refractivity contribution in [1.29, 1.82) is 0 Å². The lowest BCUT2D eigenvalue weighted by molar-refractivity contribution is 0.102. The highest BCUT2D eigenvalue weighted by molar-refractivity contribution is 7.22. The van der Waals surface area contributed by atoms with Crippen LogP contribution in [0.1, 0.15) is 16.1 Å². The fourth-order valence-electron chi connectivity index (χ4n) is 1.70. The second-order valence-corrected chi connectivity index (χ2v) is 5.46. The van der Waals surface area contributed by atoms with Gasteiger partial charge in [0.2, 0.25) is 0 Å². The number of aromatic nitrogens is 3. The zero-order valence-corrected chi connectivity index (χ0v) is 11.5. The molecule has 3 aromatic rings. The van der Waals surface area contributed by atoms with Crippen molar-refractivity contribution in [1.82, 2.24) is 15.2 Å². The van der Waals surface area contributed by atoms with Crippen molar-refractivity contribution in [2.75, 3.05) is 5.32 Å². The van der Waals surface area contributed by atoms with Crippen LogP contribution in [0, 0.1) is 6.92 Å². The van der Waals surface area contributed by atoms with Crippen LogP contribution >= 0.6 is 22.9 Å². The molecule has 0 radical (unpaired) electrons. The van der Waals surface area contributed by atoms with Crippen LogP contribution < -0.4 is 5.32 Å². The lowest BCUT2D eigenvalue weighted by Crippen LogP contribution is -2.11. The van der Waals surface area contributed by atoms with Crippen molar-refractivity contribution >= 4 is 44.2 Å². The van der Waals surface area contributed by atoms with Crippen LogP contribution in [0.3, 0.4) is 0 Å². The summed E-state index contributed by atoms with van der Waals surface area (Å²) in [7, 11) is 0. The highest BCUT2D eigenvalue weighted by Crippen LogP contribution is 2.28. The molecule has 1 amide bonds. The largest absolute Gasteiger partial charge is 0.298 e. The Morgan fingerprint density at radius 2 is 2.32 bits per heavy atom. The van der Waals surface area contributed by atoms with Crippen LogP contribution in [0.2, 0.25) is 5.02 Å². The molecule has 0 unspecified atom stereocenters. The summed E-state index contributed by atoms with van der Waals surface area (Å²) in [5.41, 5.74) is 2.05. The van der Waals surface area contributed by atoms with Gasteiger partial charge < -0.3 is 0 Å². The number of nitrogens with zero attached hydrogens (tertiary/aromatic N) is 2. The highest BCUT2D eigenvalue weighted by atomic mass is 35.5. The number of hydrogen-bond donors (Lipinski definition) is 2. The minimum absolute atomic E-state index is 0.226. The molecule has 2 heterocycles. The van der Waals surface area contributed by atoms with E-state index in [9.17, 15) is 4.79 Å². The van der Waals surface area contributed by atoms with Gasteiger partial charge in [-0.1, -0.05) is 22.9 Å². The van der Waals surface area contributed by atoms with E-state index in [0.717, 1.165) is 15.9 Å². The molecule has 2 N–H and O–H groups in total. The van der Waals surface area contributed by atoms with Crippen molar-refractivity contribution in [3.63, 3.8) is 0 Å². The van der Waals surface area contributed by atoms with Gasteiger partial charge in [-0.05, 0) is 25.1 Å². The minimum Gasteiger partial charge on any atom is -0.298 e. The molecule has 0 aliphatic heterocycles. The van der Waals surface area contributed by atoms with E-state index in [1.807, 2.05) is 12.1 Å². The fraction of sp³-hybridized carbons (Fsp3) is 0.0833. The molecule has 5 nitrogen and oxygen atoms in total. The topological polar surface area (TPSA) is 70.7 Å². The van der Waals surface area contributed by atoms with Gasteiger partial charge in [-0.15, -0.1) is 0 Å². The van der Waals surface area contributed by atoms with Crippen LogP contribution in [0.4, 0.5) is 5.13 Å². The highest BCUT2D eigenvalue weighted by Gasteiger charge is 2.13. The lowest BCUT2D eigenvalue weighted by Gasteiger charge is -1.98. The number of carbonyl (C=O) groups excluding carboxylic acids is 1. The first-order valence-electron chi connectivity index (χ1n) is 5.51. The van der Waals surface area contributed by atoms with Crippen LogP contribution in [0.5, 0.6) is 0 Å². The second-order valence-electron chi connectivity index (χ2n) is 3.99. The van der Waals surface area contributed by atoms with Gasteiger partial charge in [0.05, 0.1) is 22.0 Å². The number of nitrogens with one attached hydrogen (secondary N) is 2. The van der Waals surface area contributed by atoms with Crippen molar-refractivity contribution in [2.24, 2.45) is 0 Å². The van der Waals surface area contributed by atoms with E-state index < -0.39 is 0 Å². The monoisotopic (exact) mass is 292 g/mol. The standard InChI is InChI=1S/C12H9ClN4OS/c1-6-8(5-14-17-6)11(18)16-12-15-9-3-2-7(13)4-10(9)19-12/h2-5H,1H3,(H,14,17)(H,15,16,18). The number of rotatable bonds is 2. The maximum atomic E-state index is 12.0. The molecular formula is C12H9ClN4OS. The molecule has 7 heteroatoms. The van der Waals surface area contributed by atoms with Crippen LogP contribution in [0.15, 0.2) is 24.4 Å². The Morgan fingerprint density at radius 3 is 3.05 bits per heavy atom. The number of amides is 1. The Bertz CT molecular complexity index is 764. The van der Waals surface area contributed by atoms with Gasteiger partial charge in [-0.2, -0.15) is 5.10 Å². The summed E-state index contributed by atoms with van der Waals surface area (Å²) in [4.78, 5) is 16.3. The summed E-state index contributed by atoms with van der Waals surface area (Å²) in [5, 5.41) is 10.5. The average molecular weight is 293 g/mol. The predicted octanol–water partition coefficient (Wildman–Crippen LogP) is 3.23. The number of thiazole rings is 1. The van der Waals surface area contributed by atoms with E-state index in [4.69, 9.17) is 11.6 Å². The molecule has 3 rings (SSSR count). The summed E-state index contributed by atoms with van der Waals surface area (Å²) in [5.74, 6) is -0.226. The molecule has 0 fully saturated rings. The van der Waals surface area contributed by atoms with Crippen LogP contribution in [0.25, 0.3) is 10.2 Å². The molecule has 0 atom stereocenters. The first-order chi connectivity index (χ1) is 9.13. The fourth-order valence-corrected chi connectivity index (χ4v) is 2.83. The molecule has 0 spiro atoms. The summed E-state index contributed by atoms with van der Waals surface area (Å²) in [6.45, 7) is 1.79. The van der Waals surface area contributed by atoms with E-state index >= 15 is 0 Å². The quantitative estimate of drug-likeness (QED) is 0.762. The molecule has 96 valence electrons. The molecule has 0 saturated carbocycles. The van der Waals surface area contributed by atoms with E-state index in [-0.39, 0.29) is 5.91 Å². The van der Waals surface area contributed by atoms with Crippen LogP contribution in [-0.2, 0) is 0 Å². The number of hydrogen-bond acceptors (Lipinski definition) is 4. The molecule has 19 heavy (non-hydrogen) atoms. The van der Waals surface area contributed by atoms with E-state index in [1.165, 1.54) is 17.5 Å². The SMILES string of the molecule is Cc1[nH]ncc1C(=O)Nc1nc2ccc(Cl)cc2s1. The molecule has 0 aliphatic carbocycles. The maximum Gasteiger partial charge on any atom is 0.260 e. The van der Waals surface area contributed by atoms with Crippen molar-refractivity contribution in [2.45, 2.75) is 6.92 Å². The first kappa shape index (κ1) is 12.1. The van der Waals surface area contributed by atoms with Gasteiger partial charge in [0.25, 0.3) is 5.91 Å². The smallest absolute Gasteiger partial charge is 0.260 e. The van der Waals surface area contributed by atoms with Gasteiger partial charge in [0, 0.05) is 10.7 Å². The van der Waals surface area contributed by atoms with Crippen molar-refractivity contribution in [3.05, 3.63) is 40.7 Å². The Hall–Kier alpha value is -1.92. The Balaban J connectivity index is 1.89. The Labute approximate surface area is 117 Å². The zero-order valence-electron chi connectivity index (χ0n) is 9.90. The lowest BCUT2D eigenvalue weighted by atomic mass is 10.2. The number of carbonyl (C=O) groups is 1. The minimum atomic E-state index is -0.226. The van der Waals surface area contributed by atoms with Gasteiger partial charge >= 0.3 is 0 Å². The van der Waals surface area contributed by atoms with Crippen LogP contribution in [-0.4, -0.2) is 21.1 Å². The molecule has 0 bridgehead atoms. The van der Waals surface area contributed by atoms with Crippen molar-refractivity contribution < 1.29 is 4.79 Å². The van der Waals surface area contributed by atoms with Gasteiger partial charge in [0.15, 0.2) is 5.13 Å². The summed E-state index contributed by atoms with van der Waals surface area (Å²) >= 11 is 7.30. The number of aryl methyl sites for hydroxylation is 1. The number of fused-ring (bicyclic) bond motifs is 1. The molecule has 1 aromatic carbocycles. The Kier molecular flexibility index (Phi) is 2.96. The average Bonchev–Trinajstić information content (AvgIpc) is 2.94. The van der Waals surface area contributed by atoms with E-state index in [2.05, 4.69) is 20.5 Å². The number of anilines is 1. The molecule has 0 aliphatic rings. The second kappa shape index (κ2) is 4.64. The number of halogens is 1. The molecule has 2 aromatic heterocycles. The summed E-state index contributed by atoms with van der Waals surface area (Å²) < 4.78 is 0.937. The van der Waals surface area contributed by atoms with Gasteiger partial charge in [-0.3, -0.25) is 15.2 Å². The maximum absolute atomic E-state index is 12.0. The summed E-state index contributed by atoms with van der Waals surface area (Å²) in [6.07, 6.45) is 1.49. The summed E-state index contributed by atoms with van der Waals surface area (Å²) in [6, 6.07) is 5.43. The number of benzene rings is 1. The molecular weight excluding hydrogens is 284 g/mol. The van der Waals surface area contributed by atoms with Crippen molar-refractivity contribution in [3.8, 4) is 0 Å². The number of aromatic amines is 1. The van der Waals surface area contributed by atoms with E-state index in [1.54, 1.807) is 13.0 Å². The third-order valence-corrected chi connectivity index (χ3v) is 3.81. The van der Waals surface area contributed by atoms with E-state index in [0.29, 0.717) is 15.7 Å². The van der Waals surface area contributed by atoms with Gasteiger partial charge in [-0.25, -0.2) is 4.98 Å². The van der Waals surface area contributed by atoms with Gasteiger partial charge in [0.1, 0.15) is 0 Å². The third kappa shape index (κ3) is 2.32. The Morgan fingerprint density at radius 1 is 1.47 bits per heavy atom. The third-order valence-electron chi connectivity index (χ3n) is 2.65. The first-order valence-corrected chi connectivity index (χ1v) is 6.70. The zero-order chi connectivity index (χ0) is 13.4. The predicted molar refractivity (Wildman–Crippen MR) is 75.9 cm³/mol.